The highest BCUT2D eigenvalue weighted by Crippen LogP contribution is 2.66. The molecule has 1 N–H and O–H groups in total. The van der Waals surface area contributed by atoms with Crippen LogP contribution in [0.4, 0.5) is 0 Å². The van der Waals surface area contributed by atoms with Gasteiger partial charge in [-0.2, -0.15) is 0 Å². The Labute approximate surface area is 134 Å². The Morgan fingerprint density at radius 2 is 1.86 bits per heavy atom. The van der Waals surface area contributed by atoms with Gasteiger partial charge in [0.25, 0.3) is 0 Å². The molecule has 0 spiro atoms. The van der Waals surface area contributed by atoms with Gasteiger partial charge >= 0.3 is 0 Å². The summed E-state index contributed by atoms with van der Waals surface area (Å²) in [7, 11) is 0. The smallest absolute Gasteiger partial charge is 0.133 e. The molecule has 0 saturated heterocycles. The fourth-order valence-corrected chi connectivity index (χ4v) is 7.00. The summed E-state index contributed by atoms with van der Waals surface area (Å²) < 4.78 is 0. The summed E-state index contributed by atoms with van der Waals surface area (Å²) >= 11 is 0. The maximum absolute atomic E-state index is 11.9. The Morgan fingerprint density at radius 1 is 1.09 bits per heavy atom. The van der Waals surface area contributed by atoms with Crippen LogP contribution in [0.25, 0.3) is 0 Å². The lowest BCUT2D eigenvalue weighted by Gasteiger charge is -2.61. The third-order valence-corrected chi connectivity index (χ3v) is 8.45. The number of carbonyl (C=O) groups is 1. The lowest BCUT2D eigenvalue weighted by Crippen LogP contribution is -2.57. The molecule has 0 aromatic carbocycles. The summed E-state index contributed by atoms with van der Waals surface area (Å²) in [6, 6.07) is 0. The molecule has 0 heterocycles. The van der Waals surface area contributed by atoms with Gasteiger partial charge in [-0.3, -0.25) is 4.79 Å². The van der Waals surface area contributed by atoms with Gasteiger partial charge in [-0.25, -0.2) is 0 Å². The number of Topliss-reactive ketones (excluding diaryl/α,β-unsaturated/α-hetero) is 1. The van der Waals surface area contributed by atoms with Crippen molar-refractivity contribution in [1.29, 1.82) is 0 Å². The predicted molar refractivity (Wildman–Crippen MR) is 87.3 cm³/mol. The lowest BCUT2D eigenvalue weighted by molar-refractivity contribution is -0.160. The Balaban J connectivity index is 1.69. The molecule has 4 aliphatic rings. The molecule has 2 heteroatoms. The van der Waals surface area contributed by atoms with Crippen molar-refractivity contribution in [3.63, 3.8) is 0 Å². The second-order valence-corrected chi connectivity index (χ2v) is 9.13. The van der Waals surface area contributed by atoms with Crippen LogP contribution in [0.2, 0.25) is 0 Å². The van der Waals surface area contributed by atoms with Gasteiger partial charge in [-0.1, -0.05) is 26.0 Å². The molecule has 7 atom stereocenters. The van der Waals surface area contributed by atoms with Crippen LogP contribution < -0.4 is 0 Å². The fraction of sp³-hybridized carbons (Fsp3) is 0.850. The van der Waals surface area contributed by atoms with E-state index >= 15 is 0 Å². The molecular formula is C20H30O2. The zero-order valence-electron chi connectivity index (χ0n) is 14.1. The number of rotatable bonds is 0. The van der Waals surface area contributed by atoms with E-state index in [2.05, 4.69) is 20.4 Å². The van der Waals surface area contributed by atoms with Crippen molar-refractivity contribution in [2.75, 3.05) is 0 Å². The monoisotopic (exact) mass is 302 g/mol. The Bertz CT molecular complexity index is 524. The van der Waals surface area contributed by atoms with E-state index in [4.69, 9.17) is 0 Å². The summed E-state index contributed by atoms with van der Waals surface area (Å²) in [4.78, 5) is 11.9. The normalized spacial score (nSPS) is 54.6. The van der Waals surface area contributed by atoms with Crippen LogP contribution in [0.1, 0.15) is 65.2 Å². The average Bonchev–Trinajstić information content (AvgIpc) is 2.77. The van der Waals surface area contributed by atoms with Crippen molar-refractivity contribution < 1.29 is 9.90 Å². The largest absolute Gasteiger partial charge is 0.393 e. The molecule has 4 fully saturated rings. The number of fused-ring (bicyclic) bond motifs is 5. The quantitative estimate of drug-likeness (QED) is 0.683. The first-order valence-corrected chi connectivity index (χ1v) is 9.24. The first-order valence-electron chi connectivity index (χ1n) is 9.24. The fourth-order valence-electron chi connectivity index (χ4n) is 7.00. The standard InChI is InChI=1S/C20H30O2/c1-12-4-5-15-14-11-18(22)17-10-13(21)6-8-20(17,3)16(14)7-9-19(12,15)2/h14-18,22H,1,4-11H2,2-3H3. The maximum atomic E-state index is 11.9. The van der Waals surface area contributed by atoms with Crippen LogP contribution in [0, 0.1) is 34.5 Å². The zero-order valence-corrected chi connectivity index (χ0v) is 14.1. The minimum atomic E-state index is -0.272. The average molecular weight is 302 g/mol. The van der Waals surface area contributed by atoms with Crippen molar-refractivity contribution in [3.8, 4) is 0 Å². The second-order valence-electron chi connectivity index (χ2n) is 9.13. The van der Waals surface area contributed by atoms with Crippen LogP contribution in [0.3, 0.4) is 0 Å². The van der Waals surface area contributed by atoms with Gasteiger partial charge in [0.1, 0.15) is 5.78 Å². The molecule has 4 saturated carbocycles. The summed E-state index contributed by atoms with van der Waals surface area (Å²) in [6.07, 6.45) is 7.99. The number of ketones is 1. The van der Waals surface area contributed by atoms with Gasteiger partial charge in [0, 0.05) is 12.8 Å². The molecule has 0 aromatic rings. The van der Waals surface area contributed by atoms with Gasteiger partial charge in [-0.15, -0.1) is 0 Å². The number of aliphatic hydroxyl groups excluding tert-OH is 1. The van der Waals surface area contributed by atoms with Crippen molar-refractivity contribution >= 4 is 5.78 Å². The molecule has 0 bridgehead atoms. The van der Waals surface area contributed by atoms with Gasteiger partial charge in [0.05, 0.1) is 6.10 Å². The highest BCUT2D eigenvalue weighted by Gasteiger charge is 2.60. The Hall–Kier alpha value is -0.630. The highest BCUT2D eigenvalue weighted by atomic mass is 16.3. The molecule has 2 nitrogen and oxygen atoms in total. The van der Waals surface area contributed by atoms with E-state index < -0.39 is 0 Å². The summed E-state index contributed by atoms with van der Waals surface area (Å²) in [5.41, 5.74) is 1.95. The molecule has 0 radical (unpaired) electrons. The zero-order chi connectivity index (χ0) is 15.7. The summed E-state index contributed by atoms with van der Waals surface area (Å²) in [5.74, 6) is 2.64. The first-order chi connectivity index (χ1) is 10.4. The Kier molecular flexibility index (Phi) is 3.18. The minimum Gasteiger partial charge on any atom is -0.393 e. The summed E-state index contributed by atoms with van der Waals surface area (Å²) in [5, 5.41) is 10.8. The van der Waals surface area contributed by atoms with Crippen LogP contribution >= 0.6 is 0 Å². The van der Waals surface area contributed by atoms with Crippen LogP contribution in [0.5, 0.6) is 0 Å². The van der Waals surface area contributed by atoms with Gasteiger partial charge in [-0.05, 0) is 73.0 Å². The topological polar surface area (TPSA) is 37.3 Å². The number of hydrogen-bond acceptors (Lipinski definition) is 2. The molecule has 0 amide bonds. The second kappa shape index (κ2) is 4.69. The van der Waals surface area contributed by atoms with E-state index in [9.17, 15) is 9.90 Å². The molecular weight excluding hydrogens is 272 g/mol. The lowest BCUT2D eigenvalue weighted by atomic mass is 9.44. The minimum absolute atomic E-state index is 0.182. The molecule has 22 heavy (non-hydrogen) atoms. The Morgan fingerprint density at radius 3 is 2.64 bits per heavy atom. The van der Waals surface area contributed by atoms with E-state index in [-0.39, 0.29) is 17.4 Å². The maximum Gasteiger partial charge on any atom is 0.133 e. The molecule has 0 aliphatic heterocycles. The number of carbonyl (C=O) groups excluding carboxylic acids is 1. The van der Waals surface area contributed by atoms with Gasteiger partial charge in [0.2, 0.25) is 0 Å². The third-order valence-electron chi connectivity index (χ3n) is 8.45. The van der Waals surface area contributed by atoms with Crippen molar-refractivity contribution in [3.05, 3.63) is 12.2 Å². The van der Waals surface area contributed by atoms with E-state index in [1.54, 1.807) is 0 Å². The van der Waals surface area contributed by atoms with Crippen LogP contribution in [-0.4, -0.2) is 17.0 Å². The molecule has 122 valence electrons. The van der Waals surface area contributed by atoms with Gasteiger partial charge < -0.3 is 5.11 Å². The number of hydrogen-bond donors (Lipinski definition) is 1. The van der Waals surface area contributed by atoms with Crippen molar-refractivity contribution in [2.45, 2.75) is 71.3 Å². The highest BCUT2D eigenvalue weighted by molar-refractivity contribution is 5.79. The SMILES string of the molecule is C=C1CCC2C3CC(O)C4CC(=O)CCC4(C)C3CCC12C. The van der Waals surface area contributed by atoms with E-state index in [1.165, 1.54) is 31.3 Å². The molecule has 4 rings (SSSR count). The van der Waals surface area contributed by atoms with Gasteiger partial charge in [0.15, 0.2) is 0 Å². The van der Waals surface area contributed by atoms with E-state index in [0.29, 0.717) is 35.4 Å². The molecule has 0 aromatic heterocycles. The van der Waals surface area contributed by atoms with Crippen molar-refractivity contribution in [2.24, 2.45) is 34.5 Å². The van der Waals surface area contributed by atoms with Crippen LogP contribution in [0.15, 0.2) is 12.2 Å². The van der Waals surface area contributed by atoms with Crippen molar-refractivity contribution in [1.82, 2.24) is 0 Å². The van der Waals surface area contributed by atoms with E-state index in [0.717, 1.165) is 19.3 Å². The number of aliphatic hydroxyl groups is 1. The third kappa shape index (κ3) is 1.79. The summed E-state index contributed by atoms with van der Waals surface area (Å²) in [6.45, 7) is 9.18. The predicted octanol–water partition coefficient (Wildman–Crippen LogP) is 4.13. The van der Waals surface area contributed by atoms with E-state index in [1.807, 2.05) is 0 Å². The molecule has 4 aliphatic carbocycles. The first kappa shape index (κ1) is 14.9. The van der Waals surface area contributed by atoms with Crippen LogP contribution in [-0.2, 0) is 4.79 Å². The molecule has 7 unspecified atom stereocenters. The number of allylic oxidation sites excluding steroid dienone is 1.